The molecule has 124 valence electrons. The molecule has 4 rings (SSSR count). The van der Waals surface area contributed by atoms with Crippen LogP contribution >= 0.6 is 15.9 Å². The third-order valence-electron chi connectivity index (χ3n) is 4.05. The first-order valence-corrected chi connectivity index (χ1v) is 8.48. The van der Waals surface area contributed by atoms with Crippen LogP contribution in [0.1, 0.15) is 35.1 Å². The summed E-state index contributed by atoms with van der Waals surface area (Å²) in [6, 6.07) is 3.76. The minimum absolute atomic E-state index is 0.215. The van der Waals surface area contributed by atoms with E-state index in [9.17, 15) is 4.79 Å². The molecule has 0 atom stereocenters. The van der Waals surface area contributed by atoms with Gasteiger partial charge in [-0.3, -0.25) is 9.20 Å². The SMILES string of the molecule is O=C(Nc1cnc2c(Br)cccn12)c1coc(C2CCOCC2)n1. The third kappa shape index (κ3) is 2.83. The standard InChI is InChI=1S/C16H15BrN4O3/c17-11-2-1-5-21-13(8-18-14(11)21)20-15(22)12-9-24-16(19-12)10-3-6-23-7-4-10/h1-2,5,8-10H,3-4,6-7H2,(H,20,22). The Kier molecular flexibility index (Phi) is 4.07. The number of aromatic nitrogens is 3. The highest BCUT2D eigenvalue weighted by Gasteiger charge is 2.23. The zero-order chi connectivity index (χ0) is 16.5. The van der Waals surface area contributed by atoms with Crippen molar-refractivity contribution in [1.29, 1.82) is 0 Å². The lowest BCUT2D eigenvalue weighted by atomic mass is 10.0. The Morgan fingerprint density at radius 2 is 2.21 bits per heavy atom. The Bertz CT molecular complexity index is 882. The van der Waals surface area contributed by atoms with Crippen LogP contribution in [0.2, 0.25) is 0 Å². The summed E-state index contributed by atoms with van der Waals surface area (Å²) < 4.78 is 13.5. The zero-order valence-electron chi connectivity index (χ0n) is 12.7. The number of fused-ring (bicyclic) bond motifs is 1. The van der Waals surface area contributed by atoms with Crippen LogP contribution in [0.4, 0.5) is 5.82 Å². The molecule has 1 amide bonds. The molecular formula is C16H15BrN4O3. The van der Waals surface area contributed by atoms with E-state index >= 15 is 0 Å². The van der Waals surface area contributed by atoms with Gasteiger partial charge >= 0.3 is 0 Å². The van der Waals surface area contributed by atoms with E-state index in [0.717, 1.165) is 23.0 Å². The van der Waals surface area contributed by atoms with Crippen molar-refractivity contribution in [2.24, 2.45) is 0 Å². The molecule has 0 aromatic carbocycles. The number of oxazole rings is 1. The highest BCUT2D eigenvalue weighted by Crippen LogP contribution is 2.26. The molecule has 1 saturated heterocycles. The van der Waals surface area contributed by atoms with Crippen molar-refractivity contribution in [3.05, 3.63) is 46.8 Å². The van der Waals surface area contributed by atoms with Crippen LogP contribution in [0, 0.1) is 0 Å². The number of pyridine rings is 1. The fraction of sp³-hybridized carbons (Fsp3) is 0.312. The quantitative estimate of drug-likeness (QED) is 0.742. The van der Waals surface area contributed by atoms with Crippen molar-refractivity contribution in [2.75, 3.05) is 18.5 Å². The predicted octanol–water partition coefficient (Wildman–Crippen LogP) is 3.23. The van der Waals surface area contributed by atoms with Crippen LogP contribution in [-0.4, -0.2) is 33.5 Å². The molecule has 7 nitrogen and oxygen atoms in total. The van der Waals surface area contributed by atoms with E-state index in [0.29, 0.717) is 24.9 Å². The highest BCUT2D eigenvalue weighted by molar-refractivity contribution is 9.10. The number of nitrogens with zero attached hydrogens (tertiary/aromatic N) is 3. The minimum atomic E-state index is -0.321. The van der Waals surface area contributed by atoms with E-state index in [1.807, 2.05) is 18.3 Å². The van der Waals surface area contributed by atoms with Gasteiger partial charge in [-0.25, -0.2) is 9.97 Å². The number of carbonyl (C=O) groups is 1. The predicted molar refractivity (Wildman–Crippen MR) is 90.1 cm³/mol. The Morgan fingerprint density at radius 3 is 3.04 bits per heavy atom. The number of rotatable bonds is 3. The molecule has 4 heterocycles. The molecule has 8 heteroatoms. The van der Waals surface area contributed by atoms with E-state index in [4.69, 9.17) is 9.15 Å². The van der Waals surface area contributed by atoms with Gasteiger partial charge in [0.25, 0.3) is 5.91 Å². The van der Waals surface area contributed by atoms with E-state index in [2.05, 4.69) is 31.2 Å². The maximum Gasteiger partial charge on any atom is 0.278 e. The maximum atomic E-state index is 12.4. The van der Waals surface area contributed by atoms with Gasteiger partial charge in [-0.1, -0.05) is 0 Å². The second kappa shape index (κ2) is 6.37. The molecule has 1 aliphatic rings. The van der Waals surface area contributed by atoms with Crippen molar-refractivity contribution in [2.45, 2.75) is 18.8 Å². The van der Waals surface area contributed by atoms with E-state index < -0.39 is 0 Å². The van der Waals surface area contributed by atoms with Gasteiger partial charge in [0.2, 0.25) is 0 Å². The molecule has 1 N–H and O–H groups in total. The molecule has 0 aliphatic carbocycles. The average Bonchev–Trinajstić information content (AvgIpc) is 3.24. The maximum absolute atomic E-state index is 12.4. The van der Waals surface area contributed by atoms with Crippen LogP contribution in [0.3, 0.4) is 0 Å². The molecular weight excluding hydrogens is 376 g/mol. The van der Waals surface area contributed by atoms with E-state index in [-0.39, 0.29) is 17.5 Å². The Balaban J connectivity index is 1.53. The molecule has 0 unspecified atom stereocenters. The van der Waals surface area contributed by atoms with Crippen LogP contribution in [-0.2, 0) is 4.74 Å². The number of amides is 1. The van der Waals surface area contributed by atoms with Crippen molar-refractivity contribution >= 4 is 33.3 Å². The Labute approximate surface area is 146 Å². The lowest BCUT2D eigenvalue weighted by molar-refractivity contribution is 0.0794. The van der Waals surface area contributed by atoms with Gasteiger partial charge in [0, 0.05) is 25.3 Å². The summed E-state index contributed by atoms with van der Waals surface area (Å²) in [6.45, 7) is 1.40. The monoisotopic (exact) mass is 390 g/mol. The van der Waals surface area contributed by atoms with Gasteiger partial charge < -0.3 is 14.5 Å². The fourth-order valence-electron chi connectivity index (χ4n) is 2.77. The number of halogens is 1. The molecule has 1 fully saturated rings. The number of nitrogens with one attached hydrogen (secondary N) is 1. The largest absolute Gasteiger partial charge is 0.448 e. The number of hydrogen-bond acceptors (Lipinski definition) is 5. The molecule has 1 aliphatic heterocycles. The first kappa shape index (κ1) is 15.3. The first-order valence-electron chi connectivity index (χ1n) is 7.68. The van der Waals surface area contributed by atoms with Gasteiger partial charge in [-0.05, 0) is 40.9 Å². The first-order chi connectivity index (χ1) is 11.7. The van der Waals surface area contributed by atoms with Gasteiger partial charge in [0.05, 0.1) is 10.7 Å². The lowest BCUT2D eigenvalue weighted by Gasteiger charge is -2.18. The molecule has 0 saturated carbocycles. The van der Waals surface area contributed by atoms with Gasteiger partial charge in [0.1, 0.15) is 12.1 Å². The van der Waals surface area contributed by atoms with Crippen molar-refractivity contribution < 1.29 is 13.9 Å². The summed E-state index contributed by atoms with van der Waals surface area (Å²) in [6.07, 6.45) is 6.57. The smallest absolute Gasteiger partial charge is 0.278 e. The summed E-state index contributed by atoms with van der Waals surface area (Å²) in [5.74, 6) is 1.07. The van der Waals surface area contributed by atoms with E-state index in [1.165, 1.54) is 6.26 Å². The zero-order valence-corrected chi connectivity index (χ0v) is 14.3. The fourth-order valence-corrected chi connectivity index (χ4v) is 3.22. The number of hydrogen-bond donors (Lipinski definition) is 1. The lowest BCUT2D eigenvalue weighted by Crippen LogP contribution is -2.16. The molecule has 3 aromatic heterocycles. The van der Waals surface area contributed by atoms with Gasteiger partial charge in [-0.15, -0.1) is 0 Å². The molecule has 0 bridgehead atoms. The normalized spacial score (nSPS) is 15.7. The van der Waals surface area contributed by atoms with Crippen LogP contribution < -0.4 is 5.32 Å². The minimum Gasteiger partial charge on any atom is -0.448 e. The molecule has 3 aromatic rings. The molecule has 0 radical (unpaired) electrons. The van der Waals surface area contributed by atoms with Crippen molar-refractivity contribution in [3.63, 3.8) is 0 Å². The second-order valence-electron chi connectivity index (χ2n) is 5.60. The summed E-state index contributed by atoms with van der Waals surface area (Å²) in [4.78, 5) is 21.1. The summed E-state index contributed by atoms with van der Waals surface area (Å²) in [5, 5.41) is 2.82. The number of carbonyl (C=O) groups excluding carboxylic acids is 1. The van der Waals surface area contributed by atoms with Crippen LogP contribution in [0.15, 0.2) is 39.7 Å². The van der Waals surface area contributed by atoms with E-state index in [1.54, 1.807) is 10.6 Å². The van der Waals surface area contributed by atoms with Crippen LogP contribution in [0.25, 0.3) is 5.65 Å². The number of anilines is 1. The van der Waals surface area contributed by atoms with Crippen LogP contribution in [0.5, 0.6) is 0 Å². The second-order valence-corrected chi connectivity index (χ2v) is 6.46. The summed E-state index contributed by atoms with van der Waals surface area (Å²) >= 11 is 3.44. The van der Waals surface area contributed by atoms with Crippen molar-refractivity contribution in [3.8, 4) is 0 Å². The Morgan fingerprint density at radius 1 is 1.38 bits per heavy atom. The summed E-state index contributed by atoms with van der Waals surface area (Å²) in [5.41, 5.74) is 0.997. The third-order valence-corrected chi connectivity index (χ3v) is 4.67. The summed E-state index contributed by atoms with van der Waals surface area (Å²) in [7, 11) is 0. The van der Waals surface area contributed by atoms with Gasteiger partial charge in [0.15, 0.2) is 17.2 Å². The highest BCUT2D eigenvalue weighted by atomic mass is 79.9. The van der Waals surface area contributed by atoms with Crippen molar-refractivity contribution in [1.82, 2.24) is 14.4 Å². The number of ether oxygens (including phenoxy) is 1. The van der Waals surface area contributed by atoms with Gasteiger partial charge in [-0.2, -0.15) is 0 Å². The molecule has 0 spiro atoms. The average molecular weight is 391 g/mol. The topological polar surface area (TPSA) is 81.7 Å². The number of imidazole rings is 1. The molecule has 24 heavy (non-hydrogen) atoms. The Hall–Kier alpha value is -2.19.